The highest BCUT2D eigenvalue weighted by molar-refractivity contribution is 7.89. The number of amides is 1. The summed E-state index contributed by atoms with van der Waals surface area (Å²) in [6.07, 6.45) is 0.286. The zero-order valence-electron chi connectivity index (χ0n) is 12.5. The minimum atomic E-state index is -3.43. The van der Waals surface area contributed by atoms with E-state index in [1.807, 2.05) is 13.8 Å². The van der Waals surface area contributed by atoms with Gasteiger partial charge in [-0.3, -0.25) is 4.79 Å². The molecule has 7 heteroatoms. The number of hydrogen-bond acceptors (Lipinski definition) is 4. The van der Waals surface area contributed by atoms with E-state index >= 15 is 0 Å². The minimum absolute atomic E-state index is 0.114. The number of carbonyl (C=O) groups is 1. The maximum absolute atomic E-state index is 12.3. The first-order valence-electron chi connectivity index (χ1n) is 7.01. The molecule has 0 unspecified atom stereocenters. The van der Waals surface area contributed by atoms with E-state index in [2.05, 4.69) is 5.32 Å². The van der Waals surface area contributed by atoms with Gasteiger partial charge in [-0.2, -0.15) is 4.31 Å². The van der Waals surface area contributed by atoms with Crippen LogP contribution in [0.2, 0.25) is 0 Å². The van der Waals surface area contributed by atoms with Crippen molar-refractivity contribution in [3.05, 3.63) is 29.8 Å². The number of rotatable bonds is 8. The number of carbonyl (C=O) groups excluding carboxylic acids is 1. The van der Waals surface area contributed by atoms with Crippen LogP contribution in [-0.4, -0.2) is 38.3 Å². The minimum Gasteiger partial charge on any atom is -0.352 e. The summed E-state index contributed by atoms with van der Waals surface area (Å²) in [4.78, 5) is 11.6. The number of nitrogens with one attached hydrogen (secondary N) is 1. The van der Waals surface area contributed by atoms with E-state index in [1.165, 1.54) is 4.31 Å². The second-order valence-electron chi connectivity index (χ2n) is 4.55. The maximum Gasteiger partial charge on any atom is 0.243 e. The van der Waals surface area contributed by atoms with Crippen molar-refractivity contribution in [1.82, 2.24) is 9.62 Å². The summed E-state index contributed by atoms with van der Waals surface area (Å²) in [5.41, 5.74) is 6.13. The predicted molar refractivity (Wildman–Crippen MR) is 82.1 cm³/mol. The zero-order chi connectivity index (χ0) is 15.9. The lowest BCUT2D eigenvalue weighted by Gasteiger charge is -2.18. The molecule has 3 N–H and O–H groups in total. The van der Waals surface area contributed by atoms with Gasteiger partial charge in [-0.15, -0.1) is 0 Å². The largest absolute Gasteiger partial charge is 0.352 e. The Hall–Kier alpha value is -1.44. The van der Waals surface area contributed by atoms with Crippen molar-refractivity contribution >= 4 is 15.9 Å². The van der Waals surface area contributed by atoms with E-state index in [0.717, 1.165) is 5.56 Å². The van der Waals surface area contributed by atoms with Gasteiger partial charge in [0.15, 0.2) is 0 Å². The average molecular weight is 313 g/mol. The fourth-order valence-electron chi connectivity index (χ4n) is 1.91. The van der Waals surface area contributed by atoms with Crippen LogP contribution in [0, 0.1) is 0 Å². The molecule has 0 saturated carbocycles. The van der Waals surface area contributed by atoms with Crippen LogP contribution in [0.4, 0.5) is 0 Å². The first-order valence-corrected chi connectivity index (χ1v) is 8.45. The molecule has 0 fully saturated rings. The first kappa shape index (κ1) is 17.6. The number of benzene rings is 1. The molecular weight excluding hydrogens is 290 g/mol. The summed E-state index contributed by atoms with van der Waals surface area (Å²) in [6, 6.07) is 6.55. The SMILES string of the molecule is CCN(CC)S(=O)(=O)c1ccc(CNC(=O)CCN)cc1. The molecule has 0 aromatic heterocycles. The molecule has 0 atom stereocenters. The summed E-state index contributed by atoms with van der Waals surface area (Å²) in [5, 5.41) is 2.72. The Kier molecular flexibility index (Phi) is 6.80. The molecule has 0 aliphatic heterocycles. The molecular formula is C14H23N3O3S. The lowest BCUT2D eigenvalue weighted by Crippen LogP contribution is -2.30. The molecule has 1 aromatic carbocycles. The van der Waals surface area contributed by atoms with E-state index in [1.54, 1.807) is 24.3 Å². The molecule has 0 aliphatic rings. The van der Waals surface area contributed by atoms with Gasteiger partial charge >= 0.3 is 0 Å². The molecule has 0 spiro atoms. The van der Waals surface area contributed by atoms with Gasteiger partial charge in [-0.05, 0) is 17.7 Å². The van der Waals surface area contributed by atoms with Crippen LogP contribution in [0.5, 0.6) is 0 Å². The molecule has 1 amide bonds. The molecule has 0 radical (unpaired) electrons. The van der Waals surface area contributed by atoms with Crippen molar-refractivity contribution in [3.8, 4) is 0 Å². The lowest BCUT2D eigenvalue weighted by molar-refractivity contribution is -0.121. The van der Waals surface area contributed by atoms with E-state index in [-0.39, 0.29) is 17.2 Å². The molecule has 0 saturated heterocycles. The normalized spacial score (nSPS) is 11.6. The molecule has 0 aliphatic carbocycles. The van der Waals surface area contributed by atoms with Gasteiger partial charge in [0.05, 0.1) is 4.90 Å². The average Bonchev–Trinajstić information content (AvgIpc) is 2.47. The Morgan fingerprint density at radius 2 is 1.76 bits per heavy atom. The van der Waals surface area contributed by atoms with Gasteiger partial charge in [0, 0.05) is 32.6 Å². The van der Waals surface area contributed by atoms with Gasteiger partial charge in [0.1, 0.15) is 0 Å². The van der Waals surface area contributed by atoms with Crippen LogP contribution in [0.25, 0.3) is 0 Å². The fraction of sp³-hybridized carbons (Fsp3) is 0.500. The summed E-state index contributed by atoms with van der Waals surface area (Å²) in [7, 11) is -3.43. The van der Waals surface area contributed by atoms with E-state index in [9.17, 15) is 13.2 Å². The highest BCUT2D eigenvalue weighted by Gasteiger charge is 2.21. The maximum atomic E-state index is 12.3. The monoisotopic (exact) mass is 313 g/mol. The predicted octanol–water partition coefficient (Wildman–Crippen LogP) is 0.682. The molecule has 21 heavy (non-hydrogen) atoms. The highest BCUT2D eigenvalue weighted by Crippen LogP contribution is 2.16. The van der Waals surface area contributed by atoms with Crippen molar-refractivity contribution in [2.24, 2.45) is 5.73 Å². The van der Waals surface area contributed by atoms with Gasteiger partial charge in [0.2, 0.25) is 15.9 Å². The number of sulfonamides is 1. The second kappa shape index (κ2) is 8.11. The van der Waals surface area contributed by atoms with Crippen molar-refractivity contribution < 1.29 is 13.2 Å². The summed E-state index contributed by atoms with van der Waals surface area (Å²) >= 11 is 0. The molecule has 6 nitrogen and oxygen atoms in total. The first-order chi connectivity index (χ1) is 9.95. The smallest absolute Gasteiger partial charge is 0.243 e. The van der Waals surface area contributed by atoms with Crippen molar-refractivity contribution in [3.63, 3.8) is 0 Å². The van der Waals surface area contributed by atoms with E-state index in [4.69, 9.17) is 5.73 Å². The standard InChI is InChI=1S/C14H23N3O3S/c1-3-17(4-2)21(19,20)13-7-5-12(6-8-13)11-16-14(18)9-10-15/h5-8H,3-4,9-11,15H2,1-2H3,(H,16,18). The lowest BCUT2D eigenvalue weighted by atomic mass is 10.2. The van der Waals surface area contributed by atoms with Gasteiger partial charge < -0.3 is 11.1 Å². The van der Waals surface area contributed by atoms with Crippen LogP contribution in [0.1, 0.15) is 25.8 Å². The Morgan fingerprint density at radius 1 is 1.19 bits per heavy atom. The van der Waals surface area contributed by atoms with Crippen molar-refractivity contribution in [2.75, 3.05) is 19.6 Å². The molecule has 1 rings (SSSR count). The number of hydrogen-bond donors (Lipinski definition) is 2. The highest BCUT2D eigenvalue weighted by atomic mass is 32.2. The van der Waals surface area contributed by atoms with Gasteiger partial charge in [0.25, 0.3) is 0 Å². The fourth-order valence-corrected chi connectivity index (χ4v) is 3.37. The summed E-state index contributed by atoms with van der Waals surface area (Å²) in [6.45, 7) is 5.17. The van der Waals surface area contributed by atoms with E-state index in [0.29, 0.717) is 26.2 Å². The molecule has 118 valence electrons. The Labute approximate surface area is 126 Å². The van der Waals surface area contributed by atoms with Crippen LogP contribution in [-0.2, 0) is 21.4 Å². The summed E-state index contributed by atoms with van der Waals surface area (Å²) in [5.74, 6) is -0.114. The number of nitrogens with two attached hydrogens (primary N) is 1. The third-order valence-electron chi connectivity index (χ3n) is 3.13. The quantitative estimate of drug-likeness (QED) is 0.738. The van der Waals surface area contributed by atoms with Crippen molar-refractivity contribution in [1.29, 1.82) is 0 Å². The Morgan fingerprint density at radius 3 is 2.24 bits per heavy atom. The third-order valence-corrected chi connectivity index (χ3v) is 5.19. The Balaban J connectivity index is 2.76. The Bertz CT molecular complexity index is 551. The van der Waals surface area contributed by atoms with Crippen molar-refractivity contribution in [2.45, 2.75) is 31.7 Å². The molecule has 1 aromatic rings. The second-order valence-corrected chi connectivity index (χ2v) is 6.49. The molecule has 0 heterocycles. The molecule has 0 bridgehead atoms. The number of nitrogens with zero attached hydrogens (tertiary/aromatic N) is 1. The van der Waals surface area contributed by atoms with Crippen LogP contribution in [0.15, 0.2) is 29.2 Å². The van der Waals surface area contributed by atoms with E-state index < -0.39 is 10.0 Å². The van der Waals surface area contributed by atoms with Crippen LogP contribution >= 0.6 is 0 Å². The summed E-state index contributed by atoms with van der Waals surface area (Å²) < 4.78 is 26.0. The van der Waals surface area contributed by atoms with Gasteiger partial charge in [-0.1, -0.05) is 26.0 Å². The zero-order valence-corrected chi connectivity index (χ0v) is 13.3. The topological polar surface area (TPSA) is 92.5 Å². The van der Waals surface area contributed by atoms with Crippen LogP contribution in [0.3, 0.4) is 0 Å². The van der Waals surface area contributed by atoms with Gasteiger partial charge in [-0.25, -0.2) is 8.42 Å². The third kappa shape index (κ3) is 4.80. The van der Waals surface area contributed by atoms with Crippen LogP contribution < -0.4 is 11.1 Å².